The Kier molecular flexibility index (Phi) is 5.05. The number of ether oxygens (including phenoxy) is 1. The summed E-state index contributed by atoms with van der Waals surface area (Å²) in [7, 11) is -7.47. The average Bonchev–Trinajstić information content (AvgIpc) is 2.58. The number of primary sulfonamides is 1. The van der Waals surface area contributed by atoms with Crippen LogP contribution in [0.25, 0.3) is 0 Å². The van der Waals surface area contributed by atoms with Gasteiger partial charge in [-0.25, -0.2) is 26.4 Å². The van der Waals surface area contributed by atoms with Crippen molar-refractivity contribution in [3.05, 3.63) is 53.8 Å². The summed E-state index contributed by atoms with van der Waals surface area (Å²) in [4.78, 5) is -0.145. The van der Waals surface area contributed by atoms with Crippen LogP contribution < -0.4 is 9.88 Å². The minimum atomic E-state index is -3.88. The van der Waals surface area contributed by atoms with Gasteiger partial charge in [0.2, 0.25) is 19.9 Å². The summed E-state index contributed by atoms with van der Waals surface area (Å²) in [6.07, 6.45) is 1.15. The van der Waals surface area contributed by atoms with E-state index in [0.29, 0.717) is 18.6 Å². The van der Waals surface area contributed by atoms with Crippen LogP contribution in [0.3, 0.4) is 0 Å². The first kappa shape index (κ1) is 18.8. The zero-order valence-corrected chi connectivity index (χ0v) is 15.4. The third kappa shape index (κ3) is 4.22. The lowest BCUT2D eigenvalue weighted by Crippen LogP contribution is -2.27. The Labute approximate surface area is 151 Å². The Hall–Kier alpha value is -1.97. The van der Waals surface area contributed by atoms with Crippen LogP contribution >= 0.6 is 0 Å². The van der Waals surface area contributed by atoms with Gasteiger partial charge in [0.15, 0.2) is 0 Å². The van der Waals surface area contributed by atoms with Gasteiger partial charge in [0.1, 0.15) is 17.7 Å². The maximum atomic E-state index is 13.4. The number of halogens is 1. The van der Waals surface area contributed by atoms with Gasteiger partial charge in [-0.05, 0) is 55.2 Å². The van der Waals surface area contributed by atoms with E-state index in [-0.39, 0.29) is 28.1 Å². The number of hydrogen-bond donors (Lipinski definition) is 1. The Morgan fingerprint density at radius 2 is 1.81 bits per heavy atom. The summed E-state index contributed by atoms with van der Waals surface area (Å²) < 4.78 is 66.7. The molecular weight excluding hydrogens is 381 g/mol. The van der Waals surface area contributed by atoms with Gasteiger partial charge in [-0.2, -0.15) is 0 Å². The van der Waals surface area contributed by atoms with E-state index >= 15 is 0 Å². The molecule has 0 saturated carbocycles. The minimum absolute atomic E-state index is 0.00561. The second kappa shape index (κ2) is 6.98. The van der Waals surface area contributed by atoms with E-state index < -0.39 is 25.7 Å². The predicted octanol–water partition coefficient (Wildman–Crippen LogP) is 2.03. The largest absolute Gasteiger partial charge is 0.490 e. The second-order valence-corrected chi connectivity index (χ2v) is 9.85. The fourth-order valence-corrected chi connectivity index (χ4v) is 4.74. The highest BCUT2D eigenvalue weighted by atomic mass is 32.2. The molecule has 3 rings (SSSR count). The van der Waals surface area contributed by atoms with E-state index in [1.807, 2.05) is 0 Å². The average molecular weight is 399 g/mol. The summed E-state index contributed by atoms with van der Waals surface area (Å²) in [5.74, 6) is -0.439. The molecule has 1 heterocycles. The van der Waals surface area contributed by atoms with Crippen LogP contribution in [0.1, 0.15) is 18.4 Å². The monoisotopic (exact) mass is 399 g/mol. The Morgan fingerprint density at radius 3 is 2.50 bits per heavy atom. The smallest absolute Gasteiger partial charge is 0.209 e. The van der Waals surface area contributed by atoms with Gasteiger partial charge >= 0.3 is 0 Å². The summed E-state index contributed by atoms with van der Waals surface area (Å²) in [6.45, 7) is 0. The number of sulfonamides is 1. The van der Waals surface area contributed by atoms with Crippen LogP contribution in [0.15, 0.2) is 52.3 Å². The van der Waals surface area contributed by atoms with Gasteiger partial charge in [-0.1, -0.05) is 12.1 Å². The van der Waals surface area contributed by atoms with Crippen LogP contribution in [0.4, 0.5) is 4.39 Å². The van der Waals surface area contributed by atoms with Gasteiger partial charge in [0, 0.05) is 0 Å². The fraction of sp³-hybridized carbons (Fsp3) is 0.294. The summed E-state index contributed by atoms with van der Waals surface area (Å²) in [6, 6.07) is 9.33. The quantitative estimate of drug-likeness (QED) is 0.829. The normalized spacial score (nSPS) is 17.4. The van der Waals surface area contributed by atoms with Crippen LogP contribution in [0.2, 0.25) is 0 Å². The molecule has 26 heavy (non-hydrogen) atoms. The molecular formula is C17H18FNO5S2. The van der Waals surface area contributed by atoms with Crippen LogP contribution in [-0.2, 0) is 26.3 Å². The first-order chi connectivity index (χ1) is 12.1. The molecule has 0 unspecified atom stereocenters. The van der Waals surface area contributed by atoms with Crippen molar-refractivity contribution in [3.8, 4) is 5.75 Å². The molecule has 0 radical (unpaired) electrons. The van der Waals surface area contributed by atoms with Crippen LogP contribution in [0.5, 0.6) is 5.75 Å². The molecule has 2 aromatic rings. The zero-order chi connectivity index (χ0) is 18.9. The third-order valence-electron chi connectivity index (χ3n) is 4.21. The molecule has 1 aliphatic heterocycles. The highest BCUT2D eigenvalue weighted by Crippen LogP contribution is 2.33. The lowest BCUT2D eigenvalue weighted by atomic mass is 10.0. The number of rotatable bonds is 5. The molecule has 0 spiro atoms. The van der Waals surface area contributed by atoms with Gasteiger partial charge in [0.05, 0.1) is 15.5 Å². The molecule has 0 aromatic heterocycles. The van der Waals surface area contributed by atoms with Crippen LogP contribution in [-0.4, -0.2) is 28.7 Å². The molecule has 0 amide bonds. The summed E-state index contributed by atoms with van der Waals surface area (Å²) in [5.41, 5.74) is 0.843. The van der Waals surface area contributed by atoms with Gasteiger partial charge in [0.25, 0.3) is 0 Å². The van der Waals surface area contributed by atoms with Crippen molar-refractivity contribution in [2.24, 2.45) is 5.14 Å². The van der Waals surface area contributed by atoms with Crippen molar-refractivity contribution in [1.82, 2.24) is 0 Å². The molecule has 1 aliphatic rings. The van der Waals surface area contributed by atoms with E-state index in [0.717, 1.165) is 11.6 Å². The van der Waals surface area contributed by atoms with Crippen molar-refractivity contribution in [2.45, 2.75) is 35.2 Å². The van der Waals surface area contributed by atoms with Crippen molar-refractivity contribution in [3.63, 3.8) is 0 Å². The maximum Gasteiger partial charge on any atom is 0.209 e. The number of aryl methyl sites for hydroxylation is 1. The fourth-order valence-electron chi connectivity index (χ4n) is 2.84. The highest BCUT2D eigenvalue weighted by Gasteiger charge is 2.25. The van der Waals surface area contributed by atoms with Crippen LogP contribution in [0, 0.1) is 5.82 Å². The number of hydrogen-bond acceptors (Lipinski definition) is 5. The van der Waals surface area contributed by atoms with E-state index in [1.54, 1.807) is 6.07 Å². The molecule has 9 heteroatoms. The molecule has 0 aliphatic carbocycles. The van der Waals surface area contributed by atoms with Crippen molar-refractivity contribution in [1.29, 1.82) is 0 Å². The molecule has 2 aromatic carbocycles. The second-order valence-electron chi connectivity index (χ2n) is 6.16. The third-order valence-corrected chi connectivity index (χ3v) is 6.76. The maximum absolute atomic E-state index is 13.4. The van der Waals surface area contributed by atoms with Gasteiger partial charge in [-0.3, -0.25) is 0 Å². The van der Waals surface area contributed by atoms with Crippen molar-refractivity contribution >= 4 is 19.9 Å². The van der Waals surface area contributed by atoms with E-state index in [1.165, 1.54) is 30.3 Å². The Bertz CT molecular complexity index is 1030. The van der Waals surface area contributed by atoms with E-state index in [2.05, 4.69) is 0 Å². The topological polar surface area (TPSA) is 104 Å². The van der Waals surface area contributed by atoms with Crippen molar-refractivity contribution < 1.29 is 26.0 Å². The number of fused-ring (bicyclic) bond motifs is 1. The van der Waals surface area contributed by atoms with Gasteiger partial charge in [-0.15, -0.1) is 0 Å². The SMILES string of the molecule is NS(=O)(=O)CC[C@H]1CCc2ccc(S(=O)(=O)c3cccc(F)c3)cc2O1. The molecule has 6 nitrogen and oxygen atoms in total. The molecule has 0 bridgehead atoms. The molecule has 1 atom stereocenters. The lowest BCUT2D eigenvalue weighted by Gasteiger charge is -2.26. The molecule has 0 fully saturated rings. The van der Waals surface area contributed by atoms with Gasteiger partial charge < -0.3 is 4.74 Å². The Morgan fingerprint density at radius 1 is 1.08 bits per heavy atom. The predicted molar refractivity (Wildman–Crippen MR) is 93.6 cm³/mol. The summed E-state index contributed by atoms with van der Waals surface area (Å²) >= 11 is 0. The summed E-state index contributed by atoms with van der Waals surface area (Å²) in [5, 5.41) is 5.01. The number of sulfone groups is 1. The van der Waals surface area contributed by atoms with Crippen molar-refractivity contribution in [2.75, 3.05) is 5.75 Å². The van der Waals surface area contributed by atoms with E-state index in [4.69, 9.17) is 9.88 Å². The zero-order valence-electron chi connectivity index (χ0n) is 13.8. The Balaban J connectivity index is 1.87. The highest BCUT2D eigenvalue weighted by molar-refractivity contribution is 7.91. The lowest BCUT2D eigenvalue weighted by molar-refractivity contribution is 0.169. The first-order valence-corrected chi connectivity index (χ1v) is 11.2. The molecule has 0 saturated heterocycles. The molecule has 140 valence electrons. The standard InChI is InChI=1S/C17H18FNO5S2/c18-13-2-1-3-15(10-13)26(22,23)16-7-5-12-4-6-14(24-17(12)11-16)8-9-25(19,20)21/h1-3,5,7,10-11,14H,4,6,8-9H2,(H2,19,20,21)/t14-/m1/s1. The molecule has 2 N–H and O–H groups in total. The number of benzene rings is 2. The van der Waals surface area contributed by atoms with E-state index in [9.17, 15) is 21.2 Å². The minimum Gasteiger partial charge on any atom is -0.490 e. The first-order valence-electron chi connectivity index (χ1n) is 7.96. The number of nitrogens with two attached hydrogens (primary N) is 1.